The van der Waals surface area contributed by atoms with Crippen LogP contribution in [0.5, 0.6) is 11.5 Å². The van der Waals surface area contributed by atoms with Crippen LogP contribution in [0.15, 0.2) is 97.1 Å². The van der Waals surface area contributed by atoms with Crippen LogP contribution in [-0.4, -0.2) is 41.6 Å². The van der Waals surface area contributed by atoms with E-state index in [4.69, 9.17) is 24.5 Å². The van der Waals surface area contributed by atoms with Crippen molar-refractivity contribution in [3.05, 3.63) is 103 Å². The number of hydrogen-bond acceptors (Lipinski definition) is 7. The Labute approximate surface area is 202 Å². The maximum Gasteiger partial charge on any atom is 0.412 e. The predicted molar refractivity (Wildman–Crippen MR) is 128 cm³/mol. The summed E-state index contributed by atoms with van der Waals surface area (Å²) in [6, 6.07) is 24.3. The lowest BCUT2D eigenvalue weighted by atomic mass is 10.0. The molecule has 0 radical (unpaired) electrons. The van der Waals surface area contributed by atoms with Gasteiger partial charge >= 0.3 is 6.09 Å². The third-order valence-electron chi connectivity index (χ3n) is 4.68. The van der Waals surface area contributed by atoms with Crippen molar-refractivity contribution in [2.24, 2.45) is 0 Å². The van der Waals surface area contributed by atoms with Crippen LogP contribution in [0, 0.1) is 0 Å². The number of aliphatic hydroxyl groups excluding tert-OH is 1. The van der Waals surface area contributed by atoms with Crippen LogP contribution in [0.1, 0.15) is 11.7 Å². The lowest BCUT2D eigenvalue weighted by Gasteiger charge is -2.26. The van der Waals surface area contributed by atoms with Gasteiger partial charge in [0, 0.05) is 11.8 Å². The summed E-state index contributed by atoms with van der Waals surface area (Å²) in [4.78, 5) is 24.4. The summed E-state index contributed by atoms with van der Waals surface area (Å²) in [6.45, 7) is 0.00929. The zero-order valence-corrected chi connectivity index (χ0v) is 18.7. The van der Waals surface area contributed by atoms with Crippen molar-refractivity contribution in [3.8, 4) is 11.5 Å². The molecule has 0 aliphatic heterocycles. The second-order valence-corrected chi connectivity index (χ2v) is 7.19. The molecule has 0 aliphatic carbocycles. The third-order valence-corrected chi connectivity index (χ3v) is 4.68. The van der Waals surface area contributed by atoms with Gasteiger partial charge in [0.15, 0.2) is 12.2 Å². The van der Waals surface area contributed by atoms with Crippen LogP contribution >= 0.6 is 0 Å². The Kier molecular flexibility index (Phi) is 9.67. The van der Waals surface area contributed by atoms with Crippen molar-refractivity contribution < 1.29 is 34.1 Å². The van der Waals surface area contributed by atoms with Gasteiger partial charge in [-0.1, -0.05) is 48.5 Å². The highest BCUT2D eigenvalue weighted by atomic mass is 16.6. The summed E-state index contributed by atoms with van der Waals surface area (Å²) in [5.41, 5.74) is 2.62. The van der Waals surface area contributed by atoms with Gasteiger partial charge in [0.1, 0.15) is 18.1 Å². The lowest BCUT2D eigenvalue weighted by molar-refractivity contribution is -0.124. The molecule has 0 unspecified atom stereocenters. The van der Waals surface area contributed by atoms with E-state index in [0.29, 0.717) is 22.7 Å². The highest BCUT2D eigenvalue weighted by Crippen LogP contribution is 2.29. The molecule has 9 heteroatoms. The number of ether oxygens (including phenoxy) is 3. The molecule has 4 N–H and O–H groups in total. The predicted octanol–water partition coefficient (Wildman–Crippen LogP) is 3.86. The number of hydrogen-bond donors (Lipinski definition) is 4. The second-order valence-electron chi connectivity index (χ2n) is 7.19. The van der Waals surface area contributed by atoms with E-state index in [-0.39, 0.29) is 13.2 Å². The van der Waals surface area contributed by atoms with E-state index in [1.165, 1.54) is 11.6 Å². The number of benzene rings is 3. The molecule has 0 heterocycles. The summed E-state index contributed by atoms with van der Waals surface area (Å²) in [7, 11) is 0. The minimum Gasteiger partial charge on any atom is -0.491 e. The van der Waals surface area contributed by atoms with E-state index in [2.05, 4.69) is 5.32 Å². The fourth-order valence-corrected chi connectivity index (χ4v) is 3.10. The molecule has 9 nitrogen and oxygen atoms in total. The molecule has 35 heavy (non-hydrogen) atoms. The minimum absolute atomic E-state index is 0.127. The first-order chi connectivity index (χ1) is 17.1. The van der Waals surface area contributed by atoms with Crippen molar-refractivity contribution in [2.45, 2.75) is 12.2 Å². The summed E-state index contributed by atoms with van der Waals surface area (Å²) in [6.07, 6.45) is -0.204. The Balaban J connectivity index is 1.92. The smallest absolute Gasteiger partial charge is 0.412 e. The molecule has 0 saturated heterocycles. The van der Waals surface area contributed by atoms with Crippen molar-refractivity contribution >= 4 is 17.7 Å². The lowest BCUT2D eigenvalue weighted by Crippen LogP contribution is -2.30. The van der Waals surface area contributed by atoms with E-state index < -0.39 is 24.2 Å². The van der Waals surface area contributed by atoms with Crippen molar-refractivity contribution in [1.29, 1.82) is 0 Å². The van der Waals surface area contributed by atoms with E-state index in [9.17, 15) is 9.59 Å². The molecular weight excluding hydrogens is 452 g/mol. The summed E-state index contributed by atoms with van der Waals surface area (Å²) >= 11 is 0. The summed E-state index contributed by atoms with van der Waals surface area (Å²) < 4.78 is 17.2. The molecule has 182 valence electrons. The van der Waals surface area contributed by atoms with Crippen LogP contribution in [0.3, 0.4) is 0 Å². The fraction of sp³-hybridized carbons (Fsp3) is 0.154. The van der Waals surface area contributed by atoms with Crippen molar-refractivity contribution in [1.82, 2.24) is 5.48 Å². The van der Waals surface area contributed by atoms with E-state index in [1.54, 1.807) is 72.8 Å². The SMILES string of the molecule is O=C(/C=C/[C@H](Oc1ccccc1)[C@@H](OC(=O)Nc1ccccc1)c1ccc(OCCO)cc1)NO. The van der Waals surface area contributed by atoms with Crippen LogP contribution in [-0.2, 0) is 9.53 Å². The van der Waals surface area contributed by atoms with Gasteiger partial charge in [0.2, 0.25) is 0 Å². The number of carbonyl (C=O) groups excluding carboxylic acids is 2. The quantitative estimate of drug-likeness (QED) is 0.187. The number of aliphatic hydroxyl groups is 1. The molecule has 3 aromatic carbocycles. The van der Waals surface area contributed by atoms with E-state index in [0.717, 1.165) is 6.08 Å². The first kappa shape index (κ1) is 25.3. The molecule has 2 amide bonds. The molecule has 3 aromatic rings. The van der Waals surface area contributed by atoms with Crippen molar-refractivity contribution in [2.75, 3.05) is 18.5 Å². The molecular formula is C26H26N2O7. The normalized spacial score (nSPS) is 12.4. The molecule has 0 fully saturated rings. The Morgan fingerprint density at radius 2 is 1.54 bits per heavy atom. The number of carbonyl (C=O) groups is 2. The Bertz CT molecular complexity index is 1090. The Morgan fingerprint density at radius 1 is 0.886 bits per heavy atom. The van der Waals surface area contributed by atoms with Gasteiger partial charge in [-0.15, -0.1) is 0 Å². The summed E-state index contributed by atoms with van der Waals surface area (Å²) in [5, 5.41) is 20.5. The number of hydroxylamine groups is 1. The average molecular weight is 479 g/mol. The highest BCUT2D eigenvalue weighted by molar-refractivity contribution is 5.86. The molecule has 0 saturated carbocycles. The van der Waals surface area contributed by atoms with Crippen LogP contribution in [0.4, 0.5) is 10.5 Å². The van der Waals surface area contributed by atoms with Crippen LogP contribution in [0.2, 0.25) is 0 Å². The molecule has 3 rings (SSSR count). The average Bonchev–Trinajstić information content (AvgIpc) is 2.90. The monoisotopic (exact) mass is 478 g/mol. The Hall–Kier alpha value is -4.34. The van der Waals surface area contributed by atoms with E-state index in [1.807, 2.05) is 12.1 Å². The minimum atomic E-state index is -0.992. The zero-order valence-electron chi connectivity index (χ0n) is 18.7. The van der Waals surface area contributed by atoms with E-state index >= 15 is 0 Å². The highest BCUT2D eigenvalue weighted by Gasteiger charge is 2.28. The number of para-hydroxylation sites is 2. The maximum atomic E-state index is 12.8. The number of rotatable bonds is 11. The molecule has 0 bridgehead atoms. The first-order valence-corrected chi connectivity index (χ1v) is 10.8. The van der Waals surface area contributed by atoms with Gasteiger partial charge < -0.3 is 19.3 Å². The topological polar surface area (TPSA) is 126 Å². The largest absolute Gasteiger partial charge is 0.491 e. The first-order valence-electron chi connectivity index (χ1n) is 10.8. The number of amides is 2. The molecule has 0 aromatic heterocycles. The van der Waals surface area contributed by atoms with Crippen molar-refractivity contribution in [3.63, 3.8) is 0 Å². The van der Waals surface area contributed by atoms with Crippen LogP contribution < -0.4 is 20.3 Å². The third kappa shape index (κ3) is 8.18. The fourth-order valence-electron chi connectivity index (χ4n) is 3.10. The maximum absolute atomic E-state index is 12.8. The number of nitrogens with one attached hydrogen (secondary N) is 2. The van der Waals surface area contributed by atoms with Gasteiger partial charge in [-0.3, -0.25) is 15.3 Å². The molecule has 2 atom stereocenters. The van der Waals surface area contributed by atoms with Gasteiger partial charge in [-0.25, -0.2) is 10.3 Å². The number of anilines is 1. The second kappa shape index (κ2) is 13.4. The zero-order chi connectivity index (χ0) is 24.9. The summed E-state index contributed by atoms with van der Waals surface area (Å²) in [5.74, 6) is 0.226. The van der Waals surface area contributed by atoms with Gasteiger partial charge in [-0.05, 0) is 48.0 Å². The van der Waals surface area contributed by atoms with Gasteiger partial charge in [0.25, 0.3) is 5.91 Å². The van der Waals surface area contributed by atoms with Crippen LogP contribution in [0.25, 0.3) is 0 Å². The Morgan fingerprint density at radius 3 is 2.17 bits per heavy atom. The van der Waals surface area contributed by atoms with Gasteiger partial charge in [0.05, 0.1) is 6.61 Å². The molecule has 0 spiro atoms. The molecule has 0 aliphatic rings. The standard InChI is InChI=1S/C26H26N2O7/c29-17-18-33-21-13-11-19(12-14-21)25(35-26(31)27-20-7-3-1-4-8-20)23(15-16-24(30)28-32)34-22-9-5-2-6-10-22/h1-16,23,25,29,32H,17-18H2,(H,27,31)(H,28,30)/b16-15+/t23-,25-/m0/s1. The van der Waals surface area contributed by atoms with Gasteiger partial charge in [-0.2, -0.15) is 0 Å².